The minimum atomic E-state index is -0.741. The number of benzene rings is 2. The number of hydrogen-bond donors (Lipinski definition) is 2. The fourth-order valence-corrected chi connectivity index (χ4v) is 5.02. The van der Waals surface area contributed by atoms with Crippen molar-refractivity contribution in [3.05, 3.63) is 87.1 Å². The monoisotopic (exact) mass is 488 g/mol. The molecule has 0 unspecified atom stereocenters. The lowest BCUT2D eigenvalue weighted by molar-refractivity contribution is -0.132. The highest BCUT2D eigenvalue weighted by Crippen LogP contribution is 2.40. The summed E-state index contributed by atoms with van der Waals surface area (Å²) in [6.45, 7) is 2.67. The number of fused-ring (bicyclic) bond motifs is 3. The Hall–Kier alpha value is -4.20. The fraction of sp³-hybridized carbons (Fsp3) is 0.286. The molecule has 0 saturated heterocycles. The first-order valence-corrected chi connectivity index (χ1v) is 11.8. The van der Waals surface area contributed by atoms with Gasteiger partial charge in [-0.3, -0.25) is 9.59 Å². The number of aromatic nitrogens is 1. The SMILES string of the molecule is COc1ccc([C@@H](CC(=O)N2CCc3c([nH]c4ccccc34)C2)c2oc(C)cc(=O)c2O)c(OC)c1. The van der Waals surface area contributed by atoms with Gasteiger partial charge in [-0.25, -0.2) is 0 Å². The highest BCUT2D eigenvalue weighted by Gasteiger charge is 2.32. The van der Waals surface area contributed by atoms with Gasteiger partial charge in [0.15, 0.2) is 5.76 Å². The minimum absolute atomic E-state index is 0.0157. The molecule has 0 bridgehead atoms. The number of nitrogens with one attached hydrogen (secondary N) is 1. The second kappa shape index (κ2) is 9.45. The molecule has 0 radical (unpaired) electrons. The standard InChI is InChI=1S/C28H28N2O6/c1-16-12-24(31)27(33)28(36-16)21(20-9-8-17(34-2)13-25(20)35-3)14-26(32)30-11-10-19-18-6-4-5-7-22(18)29-23(19)15-30/h4-9,12-13,21,29,33H,10-11,14-15H2,1-3H3/t21-/m1/s1. The molecule has 1 aliphatic heterocycles. The van der Waals surface area contributed by atoms with E-state index >= 15 is 0 Å². The molecule has 8 heteroatoms. The van der Waals surface area contributed by atoms with E-state index in [4.69, 9.17) is 13.9 Å². The lowest BCUT2D eigenvalue weighted by atomic mass is 9.90. The largest absolute Gasteiger partial charge is 0.502 e. The first-order chi connectivity index (χ1) is 17.4. The molecule has 0 aliphatic carbocycles. The molecule has 0 spiro atoms. The lowest BCUT2D eigenvalue weighted by Crippen LogP contribution is -2.36. The van der Waals surface area contributed by atoms with Crippen LogP contribution in [0.2, 0.25) is 0 Å². The van der Waals surface area contributed by atoms with Crippen LogP contribution in [-0.2, 0) is 17.8 Å². The normalized spacial score (nSPS) is 13.9. The summed E-state index contributed by atoms with van der Waals surface area (Å²) in [6.07, 6.45) is 0.727. The van der Waals surface area contributed by atoms with Crippen LogP contribution >= 0.6 is 0 Å². The predicted molar refractivity (Wildman–Crippen MR) is 135 cm³/mol. The van der Waals surface area contributed by atoms with Crippen LogP contribution in [0.4, 0.5) is 0 Å². The van der Waals surface area contributed by atoms with Crippen molar-refractivity contribution in [2.45, 2.75) is 32.2 Å². The van der Waals surface area contributed by atoms with Crippen LogP contribution in [0.15, 0.2) is 57.7 Å². The average molecular weight is 489 g/mol. The number of aromatic amines is 1. The number of amides is 1. The van der Waals surface area contributed by atoms with E-state index < -0.39 is 17.1 Å². The summed E-state index contributed by atoms with van der Waals surface area (Å²) in [7, 11) is 3.07. The number of carbonyl (C=O) groups excluding carboxylic acids is 1. The van der Waals surface area contributed by atoms with Gasteiger partial charge >= 0.3 is 0 Å². The maximum absolute atomic E-state index is 13.6. The van der Waals surface area contributed by atoms with E-state index in [1.807, 2.05) is 18.2 Å². The summed E-state index contributed by atoms with van der Waals surface area (Å²) < 4.78 is 16.7. The van der Waals surface area contributed by atoms with Crippen LogP contribution in [0.3, 0.4) is 0 Å². The predicted octanol–water partition coefficient (Wildman–Crippen LogP) is 4.26. The smallest absolute Gasteiger partial charge is 0.227 e. The number of hydrogen-bond acceptors (Lipinski definition) is 6. The van der Waals surface area contributed by atoms with Crippen molar-refractivity contribution in [1.29, 1.82) is 0 Å². The number of carbonyl (C=O) groups is 1. The van der Waals surface area contributed by atoms with Crippen molar-refractivity contribution >= 4 is 16.8 Å². The molecule has 36 heavy (non-hydrogen) atoms. The maximum atomic E-state index is 13.6. The molecule has 1 aliphatic rings. The third-order valence-corrected chi connectivity index (χ3v) is 6.82. The third kappa shape index (κ3) is 4.19. The zero-order valence-corrected chi connectivity index (χ0v) is 20.5. The molecule has 3 heterocycles. The fourth-order valence-electron chi connectivity index (χ4n) is 5.02. The number of ether oxygens (including phenoxy) is 2. The van der Waals surface area contributed by atoms with E-state index in [1.165, 1.54) is 24.1 Å². The molecule has 2 aromatic heterocycles. The first-order valence-electron chi connectivity index (χ1n) is 11.8. The molecule has 0 fully saturated rings. The highest BCUT2D eigenvalue weighted by molar-refractivity contribution is 5.86. The zero-order valence-electron chi connectivity index (χ0n) is 20.5. The van der Waals surface area contributed by atoms with Crippen molar-refractivity contribution in [3.63, 3.8) is 0 Å². The number of rotatable bonds is 6. The van der Waals surface area contributed by atoms with Crippen molar-refractivity contribution in [3.8, 4) is 17.2 Å². The summed E-state index contributed by atoms with van der Waals surface area (Å²) in [4.78, 5) is 31.3. The van der Waals surface area contributed by atoms with E-state index in [9.17, 15) is 14.7 Å². The van der Waals surface area contributed by atoms with Crippen LogP contribution in [-0.4, -0.2) is 41.7 Å². The van der Waals surface area contributed by atoms with Crippen LogP contribution in [0.1, 0.15) is 40.7 Å². The summed E-state index contributed by atoms with van der Waals surface area (Å²) in [5.74, 6) is 0.0670. The maximum Gasteiger partial charge on any atom is 0.227 e. The molecule has 2 N–H and O–H groups in total. The van der Waals surface area contributed by atoms with Gasteiger partial charge in [-0.1, -0.05) is 24.3 Å². The number of H-pyrrole nitrogens is 1. The molecule has 0 saturated carbocycles. The Morgan fingerprint density at radius 2 is 1.97 bits per heavy atom. The quantitative estimate of drug-likeness (QED) is 0.420. The van der Waals surface area contributed by atoms with Gasteiger partial charge in [0, 0.05) is 47.3 Å². The van der Waals surface area contributed by atoms with Crippen LogP contribution < -0.4 is 14.9 Å². The summed E-state index contributed by atoms with van der Waals surface area (Å²) in [5, 5.41) is 11.8. The first kappa shape index (κ1) is 23.5. The Bertz CT molecular complexity index is 1500. The topological polar surface area (TPSA) is 105 Å². The Morgan fingerprint density at radius 3 is 2.75 bits per heavy atom. The second-order valence-corrected chi connectivity index (χ2v) is 8.99. The van der Waals surface area contributed by atoms with E-state index in [-0.39, 0.29) is 18.1 Å². The van der Waals surface area contributed by atoms with Gasteiger partial charge in [-0.15, -0.1) is 0 Å². The number of nitrogens with zero attached hydrogens (tertiary/aromatic N) is 1. The molecule has 8 nitrogen and oxygen atoms in total. The van der Waals surface area contributed by atoms with E-state index in [0.717, 1.165) is 17.6 Å². The summed E-state index contributed by atoms with van der Waals surface area (Å²) in [6, 6.07) is 14.6. The Kier molecular flexibility index (Phi) is 6.18. The van der Waals surface area contributed by atoms with Gasteiger partial charge < -0.3 is 28.9 Å². The van der Waals surface area contributed by atoms with E-state index in [2.05, 4.69) is 11.1 Å². The molecule has 2 aromatic carbocycles. The minimum Gasteiger partial charge on any atom is -0.502 e. The molecule has 186 valence electrons. The third-order valence-electron chi connectivity index (χ3n) is 6.82. The molecule has 4 aromatic rings. The molecule has 1 amide bonds. The van der Waals surface area contributed by atoms with Crippen LogP contribution in [0.5, 0.6) is 17.2 Å². The van der Waals surface area contributed by atoms with Gasteiger partial charge in [0.1, 0.15) is 17.3 Å². The average Bonchev–Trinajstić information content (AvgIpc) is 3.27. The van der Waals surface area contributed by atoms with Crippen molar-refractivity contribution in [1.82, 2.24) is 9.88 Å². The number of methoxy groups -OCH3 is 2. The Labute approximate surface area is 208 Å². The second-order valence-electron chi connectivity index (χ2n) is 8.99. The van der Waals surface area contributed by atoms with Gasteiger partial charge in [-0.2, -0.15) is 0 Å². The molecule has 5 rings (SSSR count). The van der Waals surface area contributed by atoms with E-state index in [1.54, 1.807) is 37.1 Å². The Morgan fingerprint density at radius 1 is 1.17 bits per heavy atom. The Balaban J connectivity index is 1.51. The van der Waals surface area contributed by atoms with Gasteiger partial charge in [0.2, 0.25) is 17.1 Å². The highest BCUT2D eigenvalue weighted by atomic mass is 16.5. The van der Waals surface area contributed by atoms with Crippen LogP contribution in [0, 0.1) is 6.92 Å². The molecular formula is C28H28N2O6. The van der Waals surface area contributed by atoms with Gasteiger partial charge in [0.25, 0.3) is 0 Å². The van der Waals surface area contributed by atoms with Crippen molar-refractivity contribution in [2.75, 3.05) is 20.8 Å². The van der Waals surface area contributed by atoms with E-state index in [0.29, 0.717) is 35.9 Å². The zero-order chi connectivity index (χ0) is 25.4. The van der Waals surface area contributed by atoms with Crippen molar-refractivity contribution in [2.24, 2.45) is 0 Å². The summed E-state index contributed by atoms with van der Waals surface area (Å²) >= 11 is 0. The van der Waals surface area contributed by atoms with Gasteiger partial charge in [-0.05, 0) is 31.0 Å². The van der Waals surface area contributed by atoms with Crippen LogP contribution in [0.25, 0.3) is 10.9 Å². The number of para-hydroxylation sites is 1. The number of aromatic hydroxyl groups is 1. The van der Waals surface area contributed by atoms with Crippen molar-refractivity contribution < 1.29 is 23.8 Å². The summed E-state index contributed by atoms with van der Waals surface area (Å²) in [5.41, 5.74) is 3.38. The molecule has 1 atom stereocenters. The molecular weight excluding hydrogens is 460 g/mol. The number of aryl methyl sites for hydroxylation is 1. The lowest BCUT2D eigenvalue weighted by Gasteiger charge is -2.29. The van der Waals surface area contributed by atoms with Gasteiger partial charge in [0.05, 0.1) is 26.7 Å².